The molecule has 0 saturated carbocycles. The number of nitrogens with zero attached hydrogens (tertiary/aromatic N) is 1. The molecule has 2 saturated heterocycles. The van der Waals surface area contributed by atoms with Crippen LogP contribution in [0.3, 0.4) is 0 Å². The molecule has 0 aromatic carbocycles. The van der Waals surface area contributed by atoms with Crippen LogP contribution in [0, 0.1) is 18.8 Å². The van der Waals surface area contributed by atoms with Gasteiger partial charge in [-0.3, -0.25) is 9.59 Å². The lowest BCUT2D eigenvalue weighted by atomic mass is 9.98. The van der Waals surface area contributed by atoms with Crippen LogP contribution in [0.5, 0.6) is 0 Å². The third-order valence-electron chi connectivity index (χ3n) is 5.57. The van der Waals surface area contributed by atoms with Gasteiger partial charge >= 0.3 is 0 Å². The van der Waals surface area contributed by atoms with E-state index in [0.29, 0.717) is 18.2 Å². The summed E-state index contributed by atoms with van der Waals surface area (Å²) < 4.78 is 24.5. The number of rotatable bonds is 5. The molecule has 2 fully saturated rings. The number of sulfone groups is 1. The standard InChI is InChI=1S/C19H29N3O4S/c1-12(2)9-14-5-4-8-22(14)19(24)15-10-27(25,26)11-16(15)21-18(23)17-13(3)6-7-20-17/h6-7,12,14-16,20H,4-5,8-11H2,1-3H3,(H,21,23)/t14?,15-,16-/m1/s1. The van der Waals surface area contributed by atoms with Crippen LogP contribution in [-0.4, -0.2) is 60.3 Å². The first-order valence-corrected chi connectivity index (χ1v) is 11.5. The largest absolute Gasteiger partial charge is 0.357 e. The lowest BCUT2D eigenvalue weighted by Crippen LogP contribution is -2.49. The molecule has 2 N–H and O–H groups in total. The van der Waals surface area contributed by atoms with E-state index >= 15 is 0 Å². The minimum Gasteiger partial charge on any atom is -0.357 e. The molecule has 0 spiro atoms. The van der Waals surface area contributed by atoms with Crippen molar-refractivity contribution in [2.75, 3.05) is 18.1 Å². The fourth-order valence-electron chi connectivity index (χ4n) is 4.29. The van der Waals surface area contributed by atoms with Gasteiger partial charge in [0.1, 0.15) is 5.69 Å². The zero-order chi connectivity index (χ0) is 19.8. The van der Waals surface area contributed by atoms with E-state index in [4.69, 9.17) is 0 Å². The molecule has 1 aromatic rings. The minimum atomic E-state index is -3.36. The topological polar surface area (TPSA) is 99.3 Å². The highest BCUT2D eigenvalue weighted by Crippen LogP contribution is 2.29. The smallest absolute Gasteiger partial charge is 0.268 e. The van der Waals surface area contributed by atoms with Crippen LogP contribution in [0.1, 0.15) is 49.2 Å². The highest BCUT2D eigenvalue weighted by Gasteiger charge is 2.46. The first kappa shape index (κ1) is 19.9. The third kappa shape index (κ3) is 4.36. The van der Waals surface area contributed by atoms with E-state index in [0.717, 1.165) is 24.8 Å². The van der Waals surface area contributed by atoms with Gasteiger partial charge in [0.05, 0.1) is 23.5 Å². The zero-order valence-electron chi connectivity index (χ0n) is 16.2. The van der Waals surface area contributed by atoms with Crippen molar-refractivity contribution in [2.24, 2.45) is 11.8 Å². The van der Waals surface area contributed by atoms with Gasteiger partial charge in [0.2, 0.25) is 5.91 Å². The molecular formula is C19H29N3O4S. The molecule has 8 heteroatoms. The molecule has 0 radical (unpaired) electrons. The predicted octanol–water partition coefficient (Wildman–Crippen LogP) is 1.50. The van der Waals surface area contributed by atoms with Gasteiger partial charge < -0.3 is 15.2 Å². The van der Waals surface area contributed by atoms with Gasteiger partial charge in [0, 0.05) is 18.8 Å². The average Bonchev–Trinajstić information content (AvgIpc) is 3.25. The Morgan fingerprint density at radius 2 is 2.07 bits per heavy atom. The maximum absolute atomic E-state index is 13.2. The Hall–Kier alpha value is -1.83. The Labute approximate surface area is 160 Å². The number of hydrogen-bond acceptors (Lipinski definition) is 4. The summed E-state index contributed by atoms with van der Waals surface area (Å²) in [4.78, 5) is 30.4. The van der Waals surface area contributed by atoms with Gasteiger partial charge in [-0.1, -0.05) is 13.8 Å². The summed E-state index contributed by atoms with van der Waals surface area (Å²) in [5.41, 5.74) is 1.19. The van der Waals surface area contributed by atoms with Gasteiger partial charge in [0.25, 0.3) is 5.91 Å². The molecule has 27 heavy (non-hydrogen) atoms. The van der Waals surface area contributed by atoms with Gasteiger partial charge in [-0.15, -0.1) is 0 Å². The summed E-state index contributed by atoms with van der Waals surface area (Å²) in [6.45, 7) is 6.73. The normalized spacial score (nSPS) is 27.3. The second-order valence-electron chi connectivity index (χ2n) is 8.26. The van der Waals surface area contributed by atoms with E-state index in [2.05, 4.69) is 24.1 Å². The van der Waals surface area contributed by atoms with E-state index in [1.54, 1.807) is 19.2 Å². The Bertz CT molecular complexity index is 815. The van der Waals surface area contributed by atoms with Gasteiger partial charge in [0.15, 0.2) is 9.84 Å². The SMILES string of the molecule is Cc1cc[nH]c1C(=O)N[C@@H]1CS(=O)(=O)C[C@H]1C(=O)N1CCCC1CC(C)C. The summed E-state index contributed by atoms with van der Waals surface area (Å²) in [6.07, 6.45) is 4.49. The molecule has 1 unspecified atom stereocenters. The van der Waals surface area contributed by atoms with E-state index in [-0.39, 0.29) is 29.4 Å². The van der Waals surface area contributed by atoms with Crippen LogP contribution in [0.2, 0.25) is 0 Å². The highest BCUT2D eigenvalue weighted by atomic mass is 32.2. The van der Waals surface area contributed by atoms with Crippen LogP contribution < -0.4 is 5.32 Å². The summed E-state index contributed by atoms with van der Waals surface area (Å²) in [5, 5.41) is 2.79. The highest BCUT2D eigenvalue weighted by molar-refractivity contribution is 7.91. The minimum absolute atomic E-state index is 0.132. The summed E-state index contributed by atoms with van der Waals surface area (Å²) in [7, 11) is -3.36. The number of likely N-dealkylation sites (tertiary alicyclic amines) is 1. The molecule has 3 rings (SSSR count). The Balaban J connectivity index is 1.76. The number of H-pyrrole nitrogens is 1. The second-order valence-corrected chi connectivity index (χ2v) is 10.4. The summed E-state index contributed by atoms with van der Waals surface area (Å²) in [5.74, 6) is -1.10. The Morgan fingerprint density at radius 3 is 2.70 bits per heavy atom. The molecule has 2 aliphatic heterocycles. The number of amides is 2. The molecule has 7 nitrogen and oxygen atoms in total. The van der Waals surface area contributed by atoms with Crippen molar-refractivity contribution >= 4 is 21.7 Å². The number of carbonyl (C=O) groups excluding carboxylic acids is 2. The van der Waals surface area contributed by atoms with Crippen molar-refractivity contribution in [3.63, 3.8) is 0 Å². The van der Waals surface area contributed by atoms with Gasteiger partial charge in [-0.05, 0) is 43.7 Å². The lowest BCUT2D eigenvalue weighted by molar-refractivity contribution is -0.136. The van der Waals surface area contributed by atoms with Gasteiger partial charge in [-0.2, -0.15) is 0 Å². The molecule has 0 bridgehead atoms. The summed E-state index contributed by atoms with van der Waals surface area (Å²) in [6, 6.07) is 1.27. The second kappa shape index (κ2) is 7.66. The van der Waals surface area contributed by atoms with Crippen LogP contribution >= 0.6 is 0 Å². The maximum atomic E-state index is 13.2. The van der Waals surface area contributed by atoms with E-state index < -0.39 is 21.8 Å². The zero-order valence-corrected chi connectivity index (χ0v) is 17.0. The van der Waals surface area contributed by atoms with Crippen molar-refractivity contribution in [3.05, 3.63) is 23.5 Å². The fraction of sp³-hybridized carbons (Fsp3) is 0.684. The van der Waals surface area contributed by atoms with E-state index in [9.17, 15) is 18.0 Å². The van der Waals surface area contributed by atoms with Gasteiger partial charge in [-0.25, -0.2) is 8.42 Å². The van der Waals surface area contributed by atoms with E-state index in [1.807, 2.05) is 4.90 Å². The number of aromatic amines is 1. The first-order valence-electron chi connectivity index (χ1n) is 9.63. The van der Waals surface area contributed by atoms with Crippen molar-refractivity contribution in [1.29, 1.82) is 0 Å². The molecule has 3 heterocycles. The first-order chi connectivity index (χ1) is 12.7. The number of aromatic nitrogens is 1. The van der Waals surface area contributed by atoms with E-state index in [1.165, 1.54) is 0 Å². The van der Waals surface area contributed by atoms with Crippen molar-refractivity contribution < 1.29 is 18.0 Å². The molecule has 0 aliphatic carbocycles. The number of nitrogens with one attached hydrogen (secondary N) is 2. The monoisotopic (exact) mass is 395 g/mol. The lowest BCUT2D eigenvalue weighted by Gasteiger charge is -2.30. The molecule has 3 atom stereocenters. The number of hydrogen-bond donors (Lipinski definition) is 2. The Kier molecular flexibility index (Phi) is 5.65. The predicted molar refractivity (Wildman–Crippen MR) is 103 cm³/mol. The van der Waals surface area contributed by atoms with Crippen LogP contribution in [0.4, 0.5) is 0 Å². The summed E-state index contributed by atoms with van der Waals surface area (Å²) >= 11 is 0. The number of carbonyl (C=O) groups is 2. The number of aryl methyl sites for hydroxylation is 1. The van der Waals surface area contributed by atoms with Crippen molar-refractivity contribution in [2.45, 2.75) is 52.1 Å². The molecule has 2 aliphatic rings. The van der Waals surface area contributed by atoms with Crippen LogP contribution in [-0.2, 0) is 14.6 Å². The third-order valence-corrected chi connectivity index (χ3v) is 7.31. The molecule has 2 amide bonds. The average molecular weight is 396 g/mol. The molecular weight excluding hydrogens is 366 g/mol. The van der Waals surface area contributed by atoms with Crippen LogP contribution in [0.25, 0.3) is 0 Å². The molecule has 1 aromatic heterocycles. The Morgan fingerprint density at radius 1 is 1.33 bits per heavy atom. The quantitative estimate of drug-likeness (QED) is 0.789. The maximum Gasteiger partial charge on any atom is 0.268 e. The van der Waals surface area contributed by atoms with Crippen LogP contribution in [0.15, 0.2) is 12.3 Å². The van der Waals surface area contributed by atoms with Crippen molar-refractivity contribution in [1.82, 2.24) is 15.2 Å². The fourth-order valence-corrected chi connectivity index (χ4v) is 6.21. The molecule has 150 valence electrons. The van der Waals surface area contributed by atoms with Crippen molar-refractivity contribution in [3.8, 4) is 0 Å².